The molecule has 1 N–H and O–H groups in total. The molecule has 2 aromatic heterocycles. The van der Waals surface area contributed by atoms with E-state index in [0.29, 0.717) is 0 Å². The van der Waals surface area contributed by atoms with Gasteiger partial charge in [0.05, 0.1) is 17.8 Å². The first-order chi connectivity index (χ1) is 8.43. The van der Waals surface area contributed by atoms with Crippen LogP contribution in [0.1, 0.15) is 5.69 Å². The van der Waals surface area contributed by atoms with Gasteiger partial charge in [-0.3, -0.25) is 4.98 Å². The van der Waals surface area contributed by atoms with E-state index in [-0.39, 0.29) is 0 Å². The molecule has 3 nitrogen and oxygen atoms in total. The summed E-state index contributed by atoms with van der Waals surface area (Å²) in [6, 6.07) is 14.1. The number of aromatic nitrogens is 2. The van der Waals surface area contributed by atoms with Crippen LogP contribution >= 0.6 is 11.5 Å². The van der Waals surface area contributed by atoms with Gasteiger partial charge in [0, 0.05) is 11.6 Å². The summed E-state index contributed by atoms with van der Waals surface area (Å²) in [5.74, 6) is 0. The first-order valence-corrected chi connectivity index (χ1v) is 6.19. The molecule has 0 aliphatic rings. The molecular formula is C13H11N3S. The lowest BCUT2D eigenvalue weighted by molar-refractivity contribution is 1.05. The average Bonchev–Trinajstić information content (AvgIpc) is 2.81. The third kappa shape index (κ3) is 2.12. The number of nitrogens with one attached hydrogen (secondary N) is 1. The summed E-state index contributed by atoms with van der Waals surface area (Å²) in [6.07, 6.45) is 1.81. The summed E-state index contributed by atoms with van der Waals surface area (Å²) in [4.78, 5) is 4.28. The van der Waals surface area contributed by atoms with Gasteiger partial charge in [0.25, 0.3) is 0 Å². The van der Waals surface area contributed by atoms with Crippen molar-refractivity contribution in [3.63, 3.8) is 0 Å². The molecule has 4 heteroatoms. The van der Waals surface area contributed by atoms with Gasteiger partial charge in [-0.25, -0.2) is 0 Å². The molecule has 0 radical (unpaired) electrons. The predicted molar refractivity (Wildman–Crippen MR) is 71.2 cm³/mol. The van der Waals surface area contributed by atoms with Gasteiger partial charge in [0.15, 0.2) is 0 Å². The molecule has 0 saturated heterocycles. The minimum Gasteiger partial charge on any atom is -0.370 e. The number of nitrogens with zero attached hydrogens (tertiary/aromatic N) is 2. The fourth-order valence-corrected chi connectivity index (χ4v) is 2.45. The molecule has 0 aliphatic carbocycles. The Morgan fingerprint density at radius 3 is 2.82 bits per heavy atom. The largest absolute Gasteiger partial charge is 0.370 e. The first-order valence-electron chi connectivity index (χ1n) is 5.42. The Labute approximate surface area is 103 Å². The van der Waals surface area contributed by atoms with Gasteiger partial charge in [-0.2, -0.15) is 4.37 Å². The summed E-state index contributed by atoms with van der Waals surface area (Å²) in [6.45, 7) is 0.729. The van der Waals surface area contributed by atoms with E-state index in [1.54, 1.807) is 0 Å². The van der Waals surface area contributed by atoms with Crippen molar-refractivity contribution in [3.05, 3.63) is 54.4 Å². The second-order valence-electron chi connectivity index (χ2n) is 3.70. The lowest BCUT2D eigenvalue weighted by Gasteiger charge is -2.02. The molecule has 0 atom stereocenters. The Bertz CT molecular complexity index is 619. The highest BCUT2D eigenvalue weighted by Gasteiger charge is 2.04. The zero-order valence-electron chi connectivity index (χ0n) is 9.13. The molecule has 3 rings (SSSR count). The van der Waals surface area contributed by atoms with Crippen LogP contribution in [0.3, 0.4) is 0 Å². The summed E-state index contributed by atoms with van der Waals surface area (Å²) in [7, 11) is 0. The van der Waals surface area contributed by atoms with Crippen molar-refractivity contribution in [2.75, 3.05) is 5.32 Å². The number of anilines is 1. The fourth-order valence-electron chi connectivity index (χ4n) is 1.69. The van der Waals surface area contributed by atoms with E-state index in [4.69, 9.17) is 0 Å². The van der Waals surface area contributed by atoms with Crippen molar-refractivity contribution in [1.82, 2.24) is 9.36 Å². The summed E-state index contributed by atoms with van der Waals surface area (Å²) < 4.78 is 4.39. The van der Waals surface area contributed by atoms with Crippen LogP contribution in [0.2, 0.25) is 0 Å². The Morgan fingerprint density at radius 1 is 1.06 bits per heavy atom. The molecule has 2 heterocycles. The maximum Gasteiger partial charge on any atom is 0.117 e. The van der Waals surface area contributed by atoms with Crippen molar-refractivity contribution in [1.29, 1.82) is 0 Å². The van der Waals surface area contributed by atoms with E-state index in [1.807, 2.05) is 42.6 Å². The highest BCUT2D eigenvalue weighted by molar-refractivity contribution is 7.11. The molecule has 3 aromatic rings. The topological polar surface area (TPSA) is 37.8 Å². The lowest BCUT2D eigenvalue weighted by atomic mass is 10.2. The molecule has 0 saturated carbocycles. The smallest absolute Gasteiger partial charge is 0.117 e. The minimum absolute atomic E-state index is 0.729. The molecule has 0 amide bonds. The average molecular weight is 241 g/mol. The second-order valence-corrected chi connectivity index (χ2v) is 4.48. The van der Waals surface area contributed by atoms with Crippen LogP contribution in [0.4, 0.5) is 5.00 Å². The molecular weight excluding hydrogens is 230 g/mol. The maximum atomic E-state index is 4.39. The van der Waals surface area contributed by atoms with Crippen LogP contribution in [-0.2, 0) is 6.54 Å². The van der Waals surface area contributed by atoms with Crippen LogP contribution in [0.25, 0.3) is 10.9 Å². The summed E-state index contributed by atoms with van der Waals surface area (Å²) >= 11 is 1.49. The zero-order valence-corrected chi connectivity index (χ0v) is 9.95. The summed E-state index contributed by atoms with van der Waals surface area (Å²) in [5.41, 5.74) is 2.08. The lowest BCUT2D eigenvalue weighted by Crippen LogP contribution is -1.99. The van der Waals surface area contributed by atoms with Gasteiger partial charge in [-0.05, 0) is 35.8 Å². The molecule has 0 spiro atoms. The van der Waals surface area contributed by atoms with Crippen molar-refractivity contribution >= 4 is 27.4 Å². The molecule has 17 heavy (non-hydrogen) atoms. The van der Waals surface area contributed by atoms with Gasteiger partial charge in [0.1, 0.15) is 5.00 Å². The normalized spacial score (nSPS) is 10.6. The first kappa shape index (κ1) is 10.2. The molecule has 84 valence electrons. The molecule has 1 aromatic carbocycles. The number of rotatable bonds is 3. The van der Waals surface area contributed by atoms with Gasteiger partial charge in [-0.1, -0.05) is 18.2 Å². The van der Waals surface area contributed by atoms with Crippen LogP contribution in [0, 0.1) is 0 Å². The highest BCUT2D eigenvalue weighted by Crippen LogP contribution is 2.27. The molecule has 0 bridgehead atoms. The van der Waals surface area contributed by atoms with E-state index < -0.39 is 0 Å². The molecule has 0 unspecified atom stereocenters. The van der Waals surface area contributed by atoms with E-state index in [1.165, 1.54) is 16.9 Å². The number of pyridine rings is 1. The standard InChI is InChI=1S/C13H11N3S/c1-2-7-12-11(6-1)13(17-16-12)15-9-10-5-3-4-8-14-10/h1-8,15H,9H2. The highest BCUT2D eigenvalue weighted by atomic mass is 32.1. The molecule has 0 fully saturated rings. The van der Waals surface area contributed by atoms with Gasteiger partial charge in [-0.15, -0.1) is 0 Å². The Morgan fingerprint density at radius 2 is 1.94 bits per heavy atom. The van der Waals surface area contributed by atoms with E-state index >= 15 is 0 Å². The van der Waals surface area contributed by atoms with Crippen LogP contribution in [-0.4, -0.2) is 9.36 Å². The molecule has 0 aliphatic heterocycles. The zero-order chi connectivity index (χ0) is 11.5. The minimum atomic E-state index is 0.729. The third-order valence-electron chi connectivity index (χ3n) is 2.54. The second kappa shape index (κ2) is 4.51. The predicted octanol–water partition coefficient (Wildman–Crippen LogP) is 3.30. The van der Waals surface area contributed by atoms with E-state index in [2.05, 4.69) is 20.7 Å². The number of hydrogen-bond donors (Lipinski definition) is 1. The van der Waals surface area contributed by atoms with Crippen molar-refractivity contribution < 1.29 is 0 Å². The third-order valence-corrected chi connectivity index (χ3v) is 3.37. The van der Waals surface area contributed by atoms with E-state index in [0.717, 1.165) is 22.8 Å². The van der Waals surface area contributed by atoms with Crippen LogP contribution in [0.15, 0.2) is 48.7 Å². The number of hydrogen-bond acceptors (Lipinski definition) is 4. The number of fused-ring (bicyclic) bond motifs is 1. The van der Waals surface area contributed by atoms with Crippen LogP contribution < -0.4 is 5.32 Å². The fraction of sp³-hybridized carbons (Fsp3) is 0.0769. The van der Waals surface area contributed by atoms with Gasteiger partial charge in [0.2, 0.25) is 0 Å². The van der Waals surface area contributed by atoms with Crippen molar-refractivity contribution in [2.45, 2.75) is 6.54 Å². The number of benzene rings is 1. The quantitative estimate of drug-likeness (QED) is 0.764. The van der Waals surface area contributed by atoms with E-state index in [9.17, 15) is 0 Å². The van der Waals surface area contributed by atoms with Crippen molar-refractivity contribution in [3.8, 4) is 0 Å². The monoisotopic (exact) mass is 241 g/mol. The Hall–Kier alpha value is -1.94. The SMILES string of the molecule is c1ccc(CNc2snc3ccccc23)nc1. The Kier molecular flexibility index (Phi) is 2.71. The van der Waals surface area contributed by atoms with Crippen molar-refractivity contribution in [2.24, 2.45) is 0 Å². The van der Waals surface area contributed by atoms with Crippen LogP contribution in [0.5, 0.6) is 0 Å². The maximum absolute atomic E-state index is 4.39. The van der Waals surface area contributed by atoms with Gasteiger partial charge >= 0.3 is 0 Å². The van der Waals surface area contributed by atoms with Gasteiger partial charge < -0.3 is 5.32 Å². The Balaban J connectivity index is 1.82. The summed E-state index contributed by atoms with van der Waals surface area (Å²) in [5, 5.41) is 5.65.